The first-order valence-corrected chi connectivity index (χ1v) is 9.50. The van der Waals surface area contributed by atoms with Gasteiger partial charge >= 0.3 is 0 Å². The Morgan fingerprint density at radius 2 is 1.85 bits per heavy atom. The molecule has 1 heterocycles. The summed E-state index contributed by atoms with van der Waals surface area (Å²) in [6, 6.07) is 15.9. The van der Waals surface area contributed by atoms with Gasteiger partial charge in [-0.2, -0.15) is 0 Å². The van der Waals surface area contributed by atoms with Gasteiger partial charge in [-0.1, -0.05) is 36.0 Å². The fraction of sp³-hybridized carbons (Fsp3) is 0.286. The van der Waals surface area contributed by atoms with Crippen molar-refractivity contribution in [3.63, 3.8) is 0 Å². The van der Waals surface area contributed by atoms with Gasteiger partial charge in [-0.25, -0.2) is 0 Å². The Bertz CT molecular complexity index is 800. The molecular formula is C21H24N2O2S. The number of fused-ring (bicyclic) bond motifs is 1. The average Bonchev–Trinajstić information content (AvgIpc) is 2.64. The first-order valence-electron chi connectivity index (χ1n) is 8.69. The number of amides is 1. The molecule has 0 radical (unpaired) electrons. The number of likely N-dealkylation sites (N-methyl/N-ethyl adjacent to an activating group) is 1. The summed E-state index contributed by atoms with van der Waals surface area (Å²) in [6.07, 6.45) is 2.94. The number of hydrogen-bond donors (Lipinski definition) is 0. The summed E-state index contributed by atoms with van der Waals surface area (Å²) >= 11 is 1.52. The van der Waals surface area contributed by atoms with Crippen LogP contribution in [0.3, 0.4) is 0 Å². The lowest BCUT2D eigenvalue weighted by molar-refractivity contribution is -0.114. The predicted octanol–water partition coefficient (Wildman–Crippen LogP) is 4.13. The molecule has 2 aromatic rings. The van der Waals surface area contributed by atoms with Crippen LogP contribution in [0.25, 0.3) is 6.08 Å². The SMILES string of the molecule is CN(C)CCCOc1ccc(C=C2Sc3ccccc3N(C)C2=O)cc1. The Hall–Kier alpha value is -2.24. The first kappa shape index (κ1) is 18.5. The monoisotopic (exact) mass is 368 g/mol. The molecule has 0 aromatic heterocycles. The number of carbonyl (C=O) groups excluding carboxylic acids is 1. The van der Waals surface area contributed by atoms with Gasteiger partial charge < -0.3 is 14.5 Å². The number of rotatable bonds is 6. The third kappa shape index (κ3) is 4.48. The molecule has 0 bridgehead atoms. The van der Waals surface area contributed by atoms with Gasteiger partial charge in [-0.05, 0) is 56.4 Å². The van der Waals surface area contributed by atoms with Crippen molar-refractivity contribution in [1.29, 1.82) is 0 Å². The van der Waals surface area contributed by atoms with Gasteiger partial charge in [0.2, 0.25) is 0 Å². The van der Waals surface area contributed by atoms with Crippen molar-refractivity contribution in [3.8, 4) is 5.75 Å². The highest BCUT2D eigenvalue weighted by atomic mass is 32.2. The number of anilines is 1. The van der Waals surface area contributed by atoms with E-state index in [1.165, 1.54) is 11.8 Å². The number of para-hydroxylation sites is 1. The van der Waals surface area contributed by atoms with E-state index in [-0.39, 0.29) is 5.91 Å². The van der Waals surface area contributed by atoms with Gasteiger partial charge in [0, 0.05) is 18.5 Å². The van der Waals surface area contributed by atoms with Gasteiger partial charge in [-0.3, -0.25) is 4.79 Å². The molecule has 0 saturated carbocycles. The quantitative estimate of drug-likeness (QED) is 0.567. The molecule has 2 aromatic carbocycles. The standard InChI is InChI=1S/C21H24N2O2S/c1-22(2)13-6-14-25-17-11-9-16(10-12-17)15-20-21(24)23(3)18-7-4-5-8-19(18)26-20/h4-5,7-12,15H,6,13-14H2,1-3H3. The molecule has 26 heavy (non-hydrogen) atoms. The number of hydrogen-bond acceptors (Lipinski definition) is 4. The summed E-state index contributed by atoms with van der Waals surface area (Å²) in [6.45, 7) is 1.72. The Morgan fingerprint density at radius 3 is 2.58 bits per heavy atom. The summed E-state index contributed by atoms with van der Waals surface area (Å²) < 4.78 is 5.76. The number of nitrogens with zero attached hydrogens (tertiary/aromatic N) is 2. The maximum Gasteiger partial charge on any atom is 0.264 e. The number of carbonyl (C=O) groups is 1. The maximum atomic E-state index is 12.6. The van der Waals surface area contributed by atoms with Crippen LogP contribution in [0, 0.1) is 0 Å². The molecule has 0 aliphatic carbocycles. The summed E-state index contributed by atoms with van der Waals surface area (Å²) in [5.74, 6) is 0.883. The second-order valence-electron chi connectivity index (χ2n) is 6.52. The van der Waals surface area contributed by atoms with Crippen molar-refractivity contribution in [2.24, 2.45) is 0 Å². The molecule has 3 rings (SSSR count). The second-order valence-corrected chi connectivity index (χ2v) is 7.60. The van der Waals surface area contributed by atoms with Gasteiger partial charge in [0.05, 0.1) is 17.2 Å². The third-order valence-electron chi connectivity index (χ3n) is 4.16. The maximum absolute atomic E-state index is 12.6. The van der Waals surface area contributed by atoms with Crippen LogP contribution >= 0.6 is 11.8 Å². The fourth-order valence-corrected chi connectivity index (χ4v) is 3.84. The molecule has 1 amide bonds. The van der Waals surface area contributed by atoms with Gasteiger partial charge in [0.15, 0.2) is 0 Å². The highest BCUT2D eigenvalue weighted by Gasteiger charge is 2.25. The van der Waals surface area contributed by atoms with E-state index >= 15 is 0 Å². The molecule has 136 valence electrons. The number of ether oxygens (including phenoxy) is 1. The Balaban J connectivity index is 1.67. The molecule has 4 nitrogen and oxygen atoms in total. The van der Waals surface area contributed by atoms with Gasteiger partial charge in [0.25, 0.3) is 5.91 Å². The highest BCUT2D eigenvalue weighted by molar-refractivity contribution is 8.04. The van der Waals surface area contributed by atoms with E-state index in [0.29, 0.717) is 6.61 Å². The van der Waals surface area contributed by atoms with E-state index in [0.717, 1.165) is 39.8 Å². The molecule has 0 atom stereocenters. The largest absolute Gasteiger partial charge is 0.494 e. The zero-order valence-corrected chi connectivity index (χ0v) is 16.3. The topological polar surface area (TPSA) is 32.8 Å². The van der Waals surface area contributed by atoms with Crippen molar-refractivity contribution >= 4 is 29.4 Å². The molecule has 1 aliphatic rings. The van der Waals surface area contributed by atoms with Crippen molar-refractivity contribution in [1.82, 2.24) is 4.90 Å². The summed E-state index contributed by atoms with van der Waals surface area (Å²) in [4.78, 5) is 18.3. The Labute approximate surface area is 159 Å². The van der Waals surface area contributed by atoms with Crippen LogP contribution in [0.4, 0.5) is 5.69 Å². The predicted molar refractivity (Wildman–Crippen MR) is 109 cm³/mol. The Kier molecular flexibility index (Phi) is 6.01. The molecule has 0 N–H and O–H groups in total. The molecule has 5 heteroatoms. The molecule has 0 fully saturated rings. The molecule has 0 spiro atoms. The third-order valence-corrected chi connectivity index (χ3v) is 5.24. The van der Waals surface area contributed by atoms with Crippen LogP contribution < -0.4 is 9.64 Å². The fourth-order valence-electron chi connectivity index (χ4n) is 2.73. The van der Waals surface area contributed by atoms with E-state index in [4.69, 9.17) is 4.74 Å². The van der Waals surface area contributed by atoms with Crippen molar-refractivity contribution in [3.05, 3.63) is 59.0 Å². The summed E-state index contributed by atoms with van der Waals surface area (Å²) in [7, 11) is 5.94. The molecular weight excluding hydrogens is 344 g/mol. The van der Waals surface area contributed by atoms with Crippen LogP contribution in [0.2, 0.25) is 0 Å². The van der Waals surface area contributed by atoms with Crippen molar-refractivity contribution in [2.75, 3.05) is 39.2 Å². The zero-order valence-electron chi connectivity index (χ0n) is 15.4. The lowest BCUT2D eigenvalue weighted by atomic mass is 10.2. The zero-order chi connectivity index (χ0) is 18.5. The molecule has 0 saturated heterocycles. The smallest absolute Gasteiger partial charge is 0.264 e. The highest BCUT2D eigenvalue weighted by Crippen LogP contribution is 2.41. The lowest BCUT2D eigenvalue weighted by Gasteiger charge is -2.26. The van der Waals surface area contributed by atoms with Crippen LogP contribution in [-0.4, -0.2) is 45.1 Å². The van der Waals surface area contributed by atoms with Crippen molar-refractivity contribution in [2.45, 2.75) is 11.3 Å². The van der Waals surface area contributed by atoms with Gasteiger partial charge in [-0.15, -0.1) is 0 Å². The Morgan fingerprint density at radius 1 is 1.12 bits per heavy atom. The molecule has 0 unspecified atom stereocenters. The summed E-state index contributed by atoms with van der Waals surface area (Å²) in [5, 5.41) is 0. The van der Waals surface area contributed by atoms with Crippen LogP contribution in [0.1, 0.15) is 12.0 Å². The number of thioether (sulfide) groups is 1. The van der Waals surface area contributed by atoms with Crippen LogP contribution in [0.15, 0.2) is 58.3 Å². The van der Waals surface area contributed by atoms with Crippen LogP contribution in [-0.2, 0) is 4.79 Å². The van der Waals surface area contributed by atoms with E-state index in [1.807, 2.05) is 61.7 Å². The average molecular weight is 369 g/mol. The minimum Gasteiger partial charge on any atom is -0.494 e. The van der Waals surface area contributed by atoms with E-state index in [2.05, 4.69) is 19.0 Å². The number of benzene rings is 2. The van der Waals surface area contributed by atoms with E-state index in [9.17, 15) is 4.79 Å². The summed E-state index contributed by atoms with van der Waals surface area (Å²) in [5.41, 5.74) is 1.95. The lowest BCUT2D eigenvalue weighted by Crippen LogP contribution is -2.29. The minimum atomic E-state index is 0.0257. The molecule has 1 aliphatic heterocycles. The first-order chi connectivity index (χ1) is 12.5. The van der Waals surface area contributed by atoms with Gasteiger partial charge in [0.1, 0.15) is 5.75 Å². The van der Waals surface area contributed by atoms with E-state index < -0.39 is 0 Å². The van der Waals surface area contributed by atoms with Crippen molar-refractivity contribution < 1.29 is 9.53 Å². The van der Waals surface area contributed by atoms with Crippen LogP contribution in [0.5, 0.6) is 5.75 Å². The minimum absolute atomic E-state index is 0.0257. The normalized spacial score (nSPS) is 15.5. The second kappa shape index (κ2) is 8.43. The van der Waals surface area contributed by atoms with E-state index in [1.54, 1.807) is 4.90 Å².